The highest BCUT2D eigenvalue weighted by Gasteiger charge is 2.33. The van der Waals surface area contributed by atoms with Crippen LogP contribution in [0.5, 0.6) is 0 Å². The zero-order valence-corrected chi connectivity index (χ0v) is 27.8. The fourth-order valence-electron chi connectivity index (χ4n) is 4.83. The van der Waals surface area contributed by atoms with Gasteiger partial charge in [0.15, 0.2) is 8.37 Å². The van der Waals surface area contributed by atoms with E-state index in [0.29, 0.717) is 48.3 Å². The average Bonchev–Trinajstić information content (AvgIpc) is 2.64. The Kier molecular flexibility index (Phi) is 16.6. The maximum absolute atomic E-state index is 5.18. The molecule has 0 heterocycles. The van der Waals surface area contributed by atoms with Crippen molar-refractivity contribution in [1.82, 2.24) is 23.8 Å². The molecule has 6 nitrogen and oxygen atoms in total. The maximum Gasteiger partial charge on any atom is 0.170 e. The zero-order valence-electron chi connectivity index (χ0n) is 26.0. The van der Waals surface area contributed by atoms with Gasteiger partial charge in [-0.3, -0.25) is 0 Å². The lowest BCUT2D eigenvalue weighted by Crippen LogP contribution is -2.45. The van der Waals surface area contributed by atoms with Gasteiger partial charge in [-0.1, -0.05) is 0 Å². The van der Waals surface area contributed by atoms with Gasteiger partial charge in [0.05, 0.1) is 0 Å². The van der Waals surface area contributed by atoms with Crippen LogP contribution in [0.25, 0.3) is 0 Å². The maximum atomic E-state index is 5.18. The van der Waals surface area contributed by atoms with Crippen molar-refractivity contribution in [2.24, 2.45) is 4.76 Å². The van der Waals surface area contributed by atoms with Crippen molar-refractivity contribution in [3.8, 4) is 0 Å². The number of allylic oxidation sites excluding steroid dienone is 1. The summed E-state index contributed by atoms with van der Waals surface area (Å²) in [6, 6.07) is 3.57. The van der Waals surface area contributed by atoms with Crippen molar-refractivity contribution in [1.29, 1.82) is 0 Å². The lowest BCUT2D eigenvalue weighted by molar-refractivity contribution is 0.253. The Morgan fingerprint density at radius 2 is 0.771 bits per heavy atom. The Hall–Kier alpha value is -0.0900. The minimum atomic E-state index is -0.802. The molecule has 0 amide bonds. The van der Waals surface area contributed by atoms with Gasteiger partial charge in [-0.15, -0.1) is 0 Å². The van der Waals surface area contributed by atoms with Gasteiger partial charge in [0.1, 0.15) is 8.37 Å². The molecule has 0 aromatic rings. The molecule has 1 N–H and O–H groups in total. The molecule has 0 aromatic heterocycles. The second-order valence-corrected chi connectivity index (χ2v) is 15.0. The topological polar surface area (TPSA) is 37.4 Å². The van der Waals surface area contributed by atoms with Crippen LogP contribution >= 0.6 is 16.7 Å². The Labute approximate surface area is 222 Å². The van der Waals surface area contributed by atoms with Crippen LogP contribution < -0.4 is 5.09 Å². The van der Waals surface area contributed by atoms with E-state index in [1.165, 1.54) is 0 Å². The molecule has 0 aromatic carbocycles. The van der Waals surface area contributed by atoms with Crippen LogP contribution in [0.15, 0.2) is 17.0 Å². The number of hydrogen-bond donors (Lipinski definition) is 1. The van der Waals surface area contributed by atoms with Gasteiger partial charge in [0, 0.05) is 60.7 Å². The number of rotatable bonds is 16. The summed E-state index contributed by atoms with van der Waals surface area (Å²) < 4.78 is 15.5. The molecule has 0 aliphatic rings. The largest absolute Gasteiger partial charge is 0.346 e. The molecule has 0 saturated carbocycles. The zero-order chi connectivity index (χ0) is 27.6. The highest BCUT2D eigenvalue weighted by atomic mass is 31.2. The van der Waals surface area contributed by atoms with E-state index in [2.05, 4.69) is 147 Å². The third-order valence-electron chi connectivity index (χ3n) is 5.63. The summed E-state index contributed by atoms with van der Waals surface area (Å²) >= 11 is 0. The van der Waals surface area contributed by atoms with Crippen LogP contribution in [0.3, 0.4) is 0 Å². The number of nitrogens with zero attached hydrogens (tertiary/aromatic N) is 5. The standard InChI is InChI=1S/C27H60N6P2/c1-20(2)30(21(3)4)34(31(22(5)6)23(7)8)28-18-17-19-29-35(32(24(9)10)25(11)12)33(26(13)14)27(15)16/h17-28H,1-16H3/b18-17+,29-19+. The van der Waals surface area contributed by atoms with Crippen molar-refractivity contribution >= 4 is 23.0 Å². The summed E-state index contributed by atoms with van der Waals surface area (Å²) in [4.78, 5) is 0. The van der Waals surface area contributed by atoms with Crippen LogP contribution in [0.2, 0.25) is 0 Å². The molecule has 0 spiro atoms. The van der Waals surface area contributed by atoms with Gasteiger partial charge < -0.3 is 5.09 Å². The van der Waals surface area contributed by atoms with E-state index in [4.69, 9.17) is 4.76 Å². The van der Waals surface area contributed by atoms with Gasteiger partial charge in [0.25, 0.3) is 0 Å². The quantitative estimate of drug-likeness (QED) is 0.161. The van der Waals surface area contributed by atoms with Crippen LogP contribution in [-0.4, -0.2) is 73.2 Å². The first-order valence-corrected chi connectivity index (χ1v) is 16.2. The molecule has 0 unspecified atom stereocenters. The van der Waals surface area contributed by atoms with Crippen molar-refractivity contribution < 1.29 is 0 Å². The smallest absolute Gasteiger partial charge is 0.170 e. The van der Waals surface area contributed by atoms with Crippen LogP contribution in [-0.2, 0) is 0 Å². The molecule has 0 rings (SSSR count). The Morgan fingerprint density at radius 1 is 0.486 bits per heavy atom. The molecule has 0 atom stereocenters. The van der Waals surface area contributed by atoms with Gasteiger partial charge in [-0.25, -0.2) is 23.4 Å². The normalized spacial score (nSPS) is 14.2. The van der Waals surface area contributed by atoms with Crippen molar-refractivity contribution in [3.05, 3.63) is 12.3 Å². The van der Waals surface area contributed by atoms with Crippen LogP contribution in [0, 0.1) is 0 Å². The Morgan fingerprint density at radius 3 is 1.03 bits per heavy atom. The first kappa shape index (κ1) is 34.9. The van der Waals surface area contributed by atoms with E-state index in [1.54, 1.807) is 0 Å². The molecule has 0 saturated heterocycles. The molecular formula is C27H60N6P2. The number of hydrogen-bond acceptors (Lipinski definition) is 6. The van der Waals surface area contributed by atoms with Gasteiger partial charge in [0.2, 0.25) is 0 Å². The predicted octanol–water partition coefficient (Wildman–Crippen LogP) is 8.09. The first-order chi connectivity index (χ1) is 16.1. The molecule has 0 aliphatic carbocycles. The van der Waals surface area contributed by atoms with Crippen molar-refractivity contribution in [3.63, 3.8) is 0 Å². The monoisotopic (exact) mass is 530 g/mol. The van der Waals surface area contributed by atoms with Crippen LogP contribution in [0.4, 0.5) is 0 Å². The van der Waals surface area contributed by atoms with Gasteiger partial charge in [-0.2, -0.15) is 0 Å². The first-order valence-electron chi connectivity index (χ1n) is 13.7. The average molecular weight is 531 g/mol. The Bertz CT molecular complexity index is 545. The lowest BCUT2D eigenvalue weighted by atomic mass is 10.3. The van der Waals surface area contributed by atoms with Crippen molar-refractivity contribution in [2.45, 2.75) is 159 Å². The van der Waals surface area contributed by atoms with Gasteiger partial charge in [-0.05, 0) is 117 Å². The molecule has 8 heteroatoms. The lowest BCUT2D eigenvalue weighted by Gasteiger charge is -2.46. The van der Waals surface area contributed by atoms with E-state index >= 15 is 0 Å². The second kappa shape index (κ2) is 16.7. The van der Waals surface area contributed by atoms with E-state index in [-0.39, 0.29) is 0 Å². The Balaban J connectivity index is 6.07. The third-order valence-corrected chi connectivity index (χ3v) is 11.7. The fraction of sp³-hybridized carbons (Fsp3) is 0.889. The summed E-state index contributed by atoms with van der Waals surface area (Å²) in [6.07, 6.45) is 6.23. The highest BCUT2D eigenvalue weighted by molar-refractivity contribution is 7.51. The summed E-state index contributed by atoms with van der Waals surface area (Å²) in [5, 5.41) is 3.79. The van der Waals surface area contributed by atoms with E-state index in [0.717, 1.165) is 0 Å². The molecule has 0 aliphatic heterocycles. The third kappa shape index (κ3) is 11.0. The molecule has 0 bridgehead atoms. The minimum Gasteiger partial charge on any atom is -0.346 e. The molecule has 35 heavy (non-hydrogen) atoms. The summed E-state index contributed by atoms with van der Waals surface area (Å²) in [7, 11) is -1.49. The SMILES string of the molecule is CC(C)N(C(C)C)P(/N=C/C=C/NP(N(C(C)C)C(C)C)N(C(C)C)C(C)C)N(C(C)C)C(C)C. The van der Waals surface area contributed by atoms with E-state index < -0.39 is 16.7 Å². The fourth-order valence-corrected chi connectivity index (χ4v) is 9.63. The number of nitrogens with one attached hydrogen (secondary N) is 1. The summed E-state index contributed by atoms with van der Waals surface area (Å²) in [6.45, 7) is 36.7. The van der Waals surface area contributed by atoms with E-state index in [1.807, 2.05) is 6.21 Å². The van der Waals surface area contributed by atoms with Crippen LogP contribution in [0.1, 0.15) is 111 Å². The summed E-state index contributed by atoms with van der Waals surface area (Å²) in [5.74, 6) is 0. The highest BCUT2D eigenvalue weighted by Crippen LogP contribution is 2.51. The predicted molar refractivity (Wildman–Crippen MR) is 163 cm³/mol. The minimum absolute atomic E-state index is 0.435. The summed E-state index contributed by atoms with van der Waals surface area (Å²) in [5.41, 5.74) is 0. The van der Waals surface area contributed by atoms with Gasteiger partial charge >= 0.3 is 0 Å². The molecule has 208 valence electrons. The molecule has 0 radical (unpaired) electrons. The second-order valence-electron chi connectivity index (χ2n) is 11.6. The molecule has 0 fully saturated rings. The molecular weight excluding hydrogens is 470 g/mol. The van der Waals surface area contributed by atoms with Crippen molar-refractivity contribution in [2.75, 3.05) is 0 Å². The van der Waals surface area contributed by atoms with E-state index in [9.17, 15) is 0 Å².